The molecule has 106 valence electrons. The normalized spacial score (nSPS) is 12.1. The summed E-state index contributed by atoms with van der Waals surface area (Å²) in [6, 6.07) is 0. The van der Waals surface area contributed by atoms with E-state index in [1.54, 1.807) is 0 Å². The van der Waals surface area contributed by atoms with Gasteiger partial charge in [0.15, 0.2) is 8.32 Å². The van der Waals surface area contributed by atoms with E-state index in [1.807, 2.05) is 6.92 Å². The topological polar surface area (TPSA) is 9.23 Å². The minimum atomic E-state index is -1.51. The second kappa shape index (κ2) is 8.77. The Morgan fingerprint density at radius 3 is 2.06 bits per heavy atom. The van der Waals surface area contributed by atoms with Gasteiger partial charge >= 0.3 is 0 Å². The van der Waals surface area contributed by atoms with Crippen LogP contribution in [-0.2, 0) is 4.43 Å². The highest BCUT2D eigenvalue weighted by molar-refractivity contribution is 6.74. The quantitative estimate of drug-likeness (QED) is 0.326. The van der Waals surface area contributed by atoms with Gasteiger partial charge in [-0.15, -0.1) is 11.8 Å². The van der Waals surface area contributed by atoms with Crippen molar-refractivity contribution < 1.29 is 4.43 Å². The molecule has 0 fully saturated rings. The van der Waals surface area contributed by atoms with Gasteiger partial charge in [-0.1, -0.05) is 40.0 Å². The predicted molar refractivity (Wildman–Crippen MR) is 84.3 cm³/mol. The SMILES string of the molecule is CC#CCCCCCCCO[Si](C)(C)C(C)(C)C. The van der Waals surface area contributed by atoms with Crippen LogP contribution in [0.15, 0.2) is 0 Å². The highest BCUT2D eigenvalue weighted by atomic mass is 28.4. The van der Waals surface area contributed by atoms with Gasteiger partial charge < -0.3 is 4.43 Å². The Morgan fingerprint density at radius 2 is 1.50 bits per heavy atom. The molecule has 0 bridgehead atoms. The van der Waals surface area contributed by atoms with Gasteiger partial charge in [0.1, 0.15) is 0 Å². The maximum Gasteiger partial charge on any atom is 0.191 e. The van der Waals surface area contributed by atoms with Gasteiger partial charge in [-0.2, -0.15) is 0 Å². The molecule has 0 unspecified atom stereocenters. The van der Waals surface area contributed by atoms with Crippen LogP contribution < -0.4 is 0 Å². The number of rotatable bonds is 8. The third kappa shape index (κ3) is 7.95. The fourth-order valence-corrected chi connectivity index (χ4v) is 2.60. The Morgan fingerprint density at radius 1 is 0.944 bits per heavy atom. The molecule has 0 aromatic carbocycles. The smallest absolute Gasteiger partial charge is 0.191 e. The predicted octanol–water partition coefficient (Wildman–Crippen LogP) is 5.37. The summed E-state index contributed by atoms with van der Waals surface area (Å²) in [5.74, 6) is 6.06. The molecule has 0 radical (unpaired) electrons. The summed E-state index contributed by atoms with van der Waals surface area (Å²) in [5.41, 5.74) is 0. The summed E-state index contributed by atoms with van der Waals surface area (Å²) in [6.45, 7) is 14.4. The molecule has 0 amide bonds. The van der Waals surface area contributed by atoms with E-state index in [2.05, 4.69) is 45.7 Å². The van der Waals surface area contributed by atoms with Gasteiger partial charge in [-0.05, 0) is 37.9 Å². The van der Waals surface area contributed by atoms with Crippen LogP contribution in [0.2, 0.25) is 18.1 Å². The third-order valence-corrected chi connectivity index (χ3v) is 8.43. The molecule has 0 aliphatic carbocycles. The fourth-order valence-electron chi connectivity index (χ4n) is 1.51. The van der Waals surface area contributed by atoms with E-state index in [-0.39, 0.29) is 0 Å². The average molecular weight is 269 g/mol. The van der Waals surface area contributed by atoms with Crippen molar-refractivity contribution in [1.29, 1.82) is 0 Å². The first-order valence-corrected chi connectivity index (χ1v) is 10.3. The standard InChI is InChI=1S/C16H32OSi/c1-7-8-9-10-11-12-13-14-15-17-18(5,6)16(2,3)4/h9-15H2,1-6H3. The molecule has 0 saturated carbocycles. The van der Waals surface area contributed by atoms with Crippen molar-refractivity contribution in [2.75, 3.05) is 6.61 Å². The van der Waals surface area contributed by atoms with Crippen molar-refractivity contribution in [2.45, 2.75) is 84.4 Å². The molecule has 2 heteroatoms. The van der Waals surface area contributed by atoms with E-state index in [0.29, 0.717) is 5.04 Å². The largest absolute Gasteiger partial charge is 0.417 e. The van der Waals surface area contributed by atoms with Crippen LogP contribution in [0.4, 0.5) is 0 Å². The highest BCUT2D eigenvalue weighted by Gasteiger charge is 2.36. The zero-order valence-electron chi connectivity index (χ0n) is 13.4. The Bertz CT molecular complexity index is 265. The van der Waals surface area contributed by atoms with Crippen LogP contribution in [0.5, 0.6) is 0 Å². The van der Waals surface area contributed by atoms with Crippen molar-refractivity contribution in [1.82, 2.24) is 0 Å². The Balaban J connectivity index is 3.48. The van der Waals surface area contributed by atoms with Crippen LogP contribution >= 0.6 is 0 Å². The number of unbranched alkanes of at least 4 members (excludes halogenated alkanes) is 5. The van der Waals surface area contributed by atoms with E-state index in [0.717, 1.165) is 13.0 Å². The van der Waals surface area contributed by atoms with Crippen LogP contribution in [0, 0.1) is 11.8 Å². The lowest BCUT2D eigenvalue weighted by molar-refractivity contribution is 0.277. The lowest BCUT2D eigenvalue weighted by Crippen LogP contribution is -2.40. The van der Waals surface area contributed by atoms with E-state index >= 15 is 0 Å². The monoisotopic (exact) mass is 268 g/mol. The van der Waals surface area contributed by atoms with Gasteiger partial charge in [-0.25, -0.2) is 0 Å². The molecule has 0 saturated heterocycles. The maximum atomic E-state index is 6.16. The van der Waals surface area contributed by atoms with Crippen molar-refractivity contribution >= 4 is 8.32 Å². The number of hydrogen-bond donors (Lipinski definition) is 0. The third-order valence-electron chi connectivity index (χ3n) is 3.89. The summed E-state index contributed by atoms with van der Waals surface area (Å²) in [7, 11) is -1.51. The first-order chi connectivity index (χ1) is 8.31. The Hall–Kier alpha value is -0.263. The molecular formula is C16H32OSi. The summed E-state index contributed by atoms with van der Waals surface area (Å²) in [4.78, 5) is 0. The second-order valence-corrected chi connectivity index (χ2v) is 11.4. The molecule has 0 heterocycles. The molecule has 1 nitrogen and oxygen atoms in total. The summed E-state index contributed by atoms with van der Waals surface area (Å²) >= 11 is 0. The highest BCUT2D eigenvalue weighted by Crippen LogP contribution is 2.36. The molecule has 0 aliphatic heterocycles. The summed E-state index contributed by atoms with van der Waals surface area (Å²) < 4.78 is 6.16. The maximum absolute atomic E-state index is 6.16. The number of hydrogen-bond acceptors (Lipinski definition) is 1. The molecule has 0 atom stereocenters. The fraction of sp³-hybridized carbons (Fsp3) is 0.875. The molecule has 18 heavy (non-hydrogen) atoms. The van der Waals surface area contributed by atoms with Crippen molar-refractivity contribution in [2.24, 2.45) is 0 Å². The van der Waals surface area contributed by atoms with Gasteiger partial charge in [-0.3, -0.25) is 0 Å². The first-order valence-electron chi connectivity index (χ1n) is 7.35. The van der Waals surface area contributed by atoms with Crippen molar-refractivity contribution in [3.8, 4) is 11.8 Å². The van der Waals surface area contributed by atoms with E-state index < -0.39 is 8.32 Å². The molecule has 0 spiro atoms. The molecule has 0 rings (SSSR count). The zero-order chi connectivity index (χ0) is 14.1. The second-order valence-electron chi connectivity index (χ2n) is 6.55. The molecule has 0 aromatic heterocycles. The first kappa shape index (κ1) is 17.7. The summed E-state index contributed by atoms with van der Waals surface area (Å²) in [5, 5.41) is 0.339. The van der Waals surface area contributed by atoms with Gasteiger partial charge in [0.05, 0.1) is 0 Å². The molecular weight excluding hydrogens is 236 g/mol. The van der Waals surface area contributed by atoms with E-state index in [1.165, 1.54) is 32.1 Å². The molecule has 0 aromatic rings. The van der Waals surface area contributed by atoms with E-state index in [4.69, 9.17) is 4.43 Å². The Labute approximate surface area is 116 Å². The van der Waals surface area contributed by atoms with Crippen LogP contribution in [0.3, 0.4) is 0 Å². The van der Waals surface area contributed by atoms with Crippen molar-refractivity contribution in [3.05, 3.63) is 0 Å². The lowest BCUT2D eigenvalue weighted by atomic mass is 10.1. The summed E-state index contributed by atoms with van der Waals surface area (Å²) in [6.07, 6.45) is 7.47. The molecule has 0 N–H and O–H groups in total. The van der Waals surface area contributed by atoms with Crippen LogP contribution in [0.25, 0.3) is 0 Å². The lowest BCUT2D eigenvalue weighted by Gasteiger charge is -2.36. The van der Waals surface area contributed by atoms with Crippen LogP contribution in [0.1, 0.15) is 66.2 Å². The minimum Gasteiger partial charge on any atom is -0.417 e. The van der Waals surface area contributed by atoms with Gasteiger partial charge in [0.2, 0.25) is 0 Å². The average Bonchev–Trinajstić information content (AvgIpc) is 2.25. The minimum absolute atomic E-state index is 0.339. The molecule has 0 aliphatic rings. The van der Waals surface area contributed by atoms with Gasteiger partial charge in [0.25, 0.3) is 0 Å². The van der Waals surface area contributed by atoms with E-state index in [9.17, 15) is 0 Å². The van der Waals surface area contributed by atoms with Gasteiger partial charge in [0, 0.05) is 13.0 Å². The Kier molecular flexibility index (Phi) is 8.64. The van der Waals surface area contributed by atoms with Crippen LogP contribution in [-0.4, -0.2) is 14.9 Å². The van der Waals surface area contributed by atoms with Crippen molar-refractivity contribution in [3.63, 3.8) is 0 Å². The zero-order valence-corrected chi connectivity index (χ0v) is 14.4.